The van der Waals surface area contributed by atoms with Crippen molar-refractivity contribution < 1.29 is 25.8 Å². The number of benzene rings is 2. The lowest BCUT2D eigenvalue weighted by atomic mass is 10.2. The fraction of sp³-hybridized carbons (Fsp3) is 0.143. The van der Waals surface area contributed by atoms with E-state index in [-0.39, 0.29) is 9.92 Å². The SMILES string of the molecule is Cc1ccc(S(=O)(=O)Oc2cc(C(F)(F)F)ccc2Cl)cc1. The lowest BCUT2D eigenvalue weighted by molar-refractivity contribution is -0.137. The van der Waals surface area contributed by atoms with Gasteiger partial charge in [0.25, 0.3) is 0 Å². The second-order valence-corrected chi connectivity index (χ2v) is 6.45. The number of halogens is 4. The summed E-state index contributed by atoms with van der Waals surface area (Å²) in [7, 11) is -4.27. The van der Waals surface area contributed by atoms with E-state index in [0.29, 0.717) is 6.07 Å². The van der Waals surface area contributed by atoms with E-state index in [1.165, 1.54) is 12.1 Å². The Bertz CT molecular complexity index is 784. The predicted molar refractivity (Wildman–Crippen MR) is 75.4 cm³/mol. The second kappa shape index (κ2) is 5.81. The van der Waals surface area contributed by atoms with Gasteiger partial charge in [-0.25, -0.2) is 0 Å². The molecule has 0 N–H and O–H groups in total. The molecule has 2 rings (SSSR count). The fourth-order valence-corrected chi connectivity index (χ4v) is 2.76. The van der Waals surface area contributed by atoms with Crippen LogP contribution in [0.2, 0.25) is 5.02 Å². The molecule has 3 nitrogen and oxygen atoms in total. The summed E-state index contributed by atoms with van der Waals surface area (Å²) < 4.78 is 66.8. The zero-order valence-corrected chi connectivity index (χ0v) is 12.8. The molecule has 0 aliphatic rings. The maximum absolute atomic E-state index is 12.7. The highest BCUT2D eigenvalue weighted by atomic mass is 35.5. The quantitative estimate of drug-likeness (QED) is 0.769. The van der Waals surface area contributed by atoms with Crippen LogP contribution in [0.5, 0.6) is 5.75 Å². The van der Waals surface area contributed by atoms with Gasteiger partial charge in [-0.2, -0.15) is 21.6 Å². The molecule has 0 bridgehead atoms. The molecule has 2 aromatic carbocycles. The zero-order valence-electron chi connectivity index (χ0n) is 11.2. The van der Waals surface area contributed by atoms with Crippen molar-refractivity contribution in [2.45, 2.75) is 18.0 Å². The van der Waals surface area contributed by atoms with E-state index < -0.39 is 27.6 Å². The fourth-order valence-electron chi connectivity index (χ4n) is 1.61. The summed E-state index contributed by atoms with van der Waals surface area (Å²) >= 11 is 5.71. The standard InChI is InChI=1S/C14H10ClF3O3S/c1-9-2-5-11(6-3-9)22(19,20)21-13-8-10(14(16,17)18)4-7-12(13)15/h2-8H,1H3. The van der Waals surface area contributed by atoms with Gasteiger partial charge in [-0.05, 0) is 37.3 Å². The average Bonchev–Trinajstić information content (AvgIpc) is 2.40. The molecule has 0 aliphatic heterocycles. The van der Waals surface area contributed by atoms with Gasteiger partial charge in [-0.3, -0.25) is 0 Å². The maximum atomic E-state index is 12.7. The molecule has 0 aliphatic carbocycles. The highest BCUT2D eigenvalue weighted by Gasteiger charge is 2.32. The van der Waals surface area contributed by atoms with Gasteiger partial charge < -0.3 is 4.18 Å². The molecule has 118 valence electrons. The molecule has 0 atom stereocenters. The number of hydrogen-bond acceptors (Lipinski definition) is 3. The van der Waals surface area contributed by atoms with E-state index in [2.05, 4.69) is 0 Å². The van der Waals surface area contributed by atoms with Crippen LogP contribution in [0.25, 0.3) is 0 Å². The molecule has 0 amide bonds. The van der Waals surface area contributed by atoms with E-state index in [4.69, 9.17) is 15.8 Å². The molecule has 0 spiro atoms. The van der Waals surface area contributed by atoms with Crippen LogP contribution in [0.1, 0.15) is 11.1 Å². The highest BCUT2D eigenvalue weighted by molar-refractivity contribution is 7.87. The number of rotatable bonds is 3. The van der Waals surface area contributed by atoms with E-state index in [1.807, 2.05) is 0 Å². The van der Waals surface area contributed by atoms with Gasteiger partial charge in [-0.15, -0.1) is 0 Å². The summed E-state index contributed by atoms with van der Waals surface area (Å²) in [6.07, 6.45) is -4.63. The van der Waals surface area contributed by atoms with Crippen molar-refractivity contribution in [3.63, 3.8) is 0 Å². The van der Waals surface area contributed by atoms with Crippen molar-refractivity contribution in [2.24, 2.45) is 0 Å². The molecule has 0 radical (unpaired) electrons. The summed E-state index contributed by atoms with van der Waals surface area (Å²) in [5, 5.41) is -0.233. The van der Waals surface area contributed by atoms with Crippen molar-refractivity contribution in [1.82, 2.24) is 0 Å². The van der Waals surface area contributed by atoms with E-state index in [1.54, 1.807) is 19.1 Å². The second-order valence-electron chi connectivity index (χ2n) is 4.49. The van der Waals surface area contributed by atoms with E-state index in [0.717, 1.165) is 17.7 Å². The molecule has 0 aromatic heterocycles. The van der Waals surface area contributed by atoms with Crippen molar-refractivity contribution in [3.8, 4) is 5.75 Å². The van der Waals surface area contributed by atoms with Crippen LogP contribution in [0.15, 0.2) is 47.4 Å². The topological polar surface area (TPSA) is 43.4 Å². The van der Waals surface area contributed by atoms with E-state index >= 15 is 0 Å². The minimum Gasteiger partial charge on any atom is -0.377 e. The minimum absolute atomic E-state index is 0.174. The molecule has 0 fully saturated rings. The Morgan fingerprint density at radius 3 is 2.18 bits per heavy atom. The van der Waals surface area contributed by atoms with Crippen LogP contribution in [-0.4, -0.2) is 8.42 Å². The van der Waals surface area contributed by atoms with Gasteiger partial charge in [0.1, 0.15) is 4.90 Å². The molecule has 2 aromatic rings. The van der Waals surface area contributed by atoms with Gasteiger partial charge in [0, 0.05) is 0 Å². The van der Waals surface area contributed by atoms with Gasteiger partial charge in [0.05, 0.1) is 10.6 Å². The molecular formula is C14H10ClF3O3S. The lowest BCUT2D eigenvalue weighted by Gasteiger charge is -2.12. The van der Waals surface area contributed by atoms with Crippen molar-refractivity contribution >= 4 is 21.7 Å². The highest BCUT2D eigenvalue weighted by Crippen LogP contribution is 2.36. The lowest BCUT2D eigenvalue weighted by Crippen LogP contribution is -2.11. The Hall–Kier alpha value is -1.73. The minimum atomic E-state index is -4.63. The first-order valence-corrected chi connectivity index (χ1v) is 7.76. The van der Waals surface area contributed by atoms with Crippen LogP contribution in [0.3, 0.4) is 0 Å². The molecular weight excluding hydrogens is 341 g/mol. The van der Waals surface area contributed by atoms with Crippen molar-refractivity contribution in [2.75, 3.05) is 0 Å². The van der Waals surface area contributed by atoms with Crippen LogP contribution in [-0.2, 0) is 16.3 Å². The summed E-state index contributed by atoms with van der Waals surface area (Å²) in [4.78, 5) is -0.174. The van der Waals surface area contributed by atoms with Crippen LogP contribution in [0.4, 0.5) is 13.2 Å². The normalized spacial score (nSPS) is 12.2. The predicted octanol–water partition coefficient (Wildman–Crippen LogP) is 4.43. The third-order valence-corrected chi connectivity index (χ3v) is 4.33. The third kappa shape index (κ3) is 3.72. The monoisotopic (exact) mass is 350 g/mol. The molecule has 8 heteroatoms. The number of hydrogen-bond donors (Lipinski definition) is 0. The van der Waals surface area contributed by atoms with Crippen LogP contribution in [0, 0.1) is 6.92 Å². The number of alkyl halides is 3. The van der Waals surface area contributed by atoms with Gasteiger partial charge in [-0.1, -0.05) is 29.3 Å². The summed E-state index contributed by atoms with van der Waals surface area (Å²) in [5.74, 6) is -0.572. The van der Waals surface area contributed by atoms with Gasteiger partial charge in [0.15, 0.2) is 5.75 Å². The smallest absolute Gasteiger partial charge is 0.377 e. The zero-order chi connectivity index (χ0) is 16.5. The summed E-state index contributed by atoms with van der Waals surface area (Å²) in [6, 6.07) is 7.92. The Kier molecular flexibility index (Phi) is 4.39. The largest absolute Gasteiger partial charge is 0.416 e. The van der Waals surface area contributed by atoms with Crippen LogP contribution >= 0.6 is 11.6 Å². The van der Waals surface area contributed by atoms with Crippen LogP contribution < -0.4 is 4.18 Å². The molecule has 0 unspecified atom stereocenters. The first kappa shape index (κ1) is 16.6. The maximum Gasteiger partial charge on any atom is 0.416 e. The first-order chi connectivity index (χ1) is 10.1. The molecule has 0 saturated heterocycles. The Balaban J connectivity index is 2.39. The average molecular weight is 351 g/mol. The summed E-state index contributed by atoms with van der Waals surface area (Å²) in [5.41, 5.74) is -0.220. The first-order valence-electron chi connectivity index (χ1n) is 5.97. The van der Waals surface area contributed by atoms with Crippen molar-refractivity contribution in [1.29, 1.82) is 0 Å². The van der Waals surface area contributed by atoms with Gasteiger partial charge >= 0.3 is 16.3 Å². The van der Waals surface area contributed by atoms with Gasteiger partial charge in [0.2, 0.25) is 0 Å². The molecule has 22 heavy (non-hydrogen) atoms. The summed E-state index contributed by atoms with van der Waals surface area (Å²) in [6.45, 7) is 1.76. The molecule has 0 saturated carbocycles. The van der Waals surface area contributed by atoms with E-state index in [9.17, 15) is 21.6 Å². The Morgan fingerprint density at radius 1 is 1.05 bits per heavy atom. The third-order valence-electron chi connectivity index (χ3n) is 2.77. The Morgan fingerprint density at radius 2 is 1.64 bits per heavy atom. The van der Waals surface area contributed by atoms with Crippen molar-refractivity contribution in [3.05, 3.63) is 58.6 Å². The molecule has 0 heterocycles. The number of aryl methyl sites for hydroxylation is 1. The Labute approximate surface area is 130 Å².